The highest BCUT2D eigenvalue weighted by Crippen LogP contribution is 2.30. The number of benzene rings is 2. The summed E-state index contributed by atoms with van der Waals surface area (Å²) < 4.78 is 31.0. The third kappa shape index (κ3) is 7.57. The van der Waals surface area contributed by atoms with Crippen LogP contribution in [0, 0.1) is 13.8 Å². The van der Waals surface area contributed by atoms with Gasteiger partial charge < -0.3 is 10.1 Å². The van der Waals surface area contributed by atoms with E-state index >= 15 is 0 Å². The van der Waals surface area contributed by atoms with Crippen molar-refractivity contribution in [3.63, 3.8) is 0 Å². The maximum absolute atomic E-state index is 12.4. The number of ether oxygens (including phenoxy) is 1. The molecule has 164 valence electrons. The number of anilines is 1. The lowest BCUT2D eigenvalue weighted by Gasteiger charge is -2.24. The Balaban J connectivity index is 1.85. The van der Waals surface area contributed by atoms with E-state index < -0.39 is 10.0 Å². The first kappa shape index (κ1) is 24.1. The molecule has 30 heavy (non-hydrogen) atoms. The van der Waals surface area contributed by atoms with Gasteiger partial charge in [-0.25, -0.2) is 8.42 Å². The Morgan fingerprint density at radius 1 is 1.13 bits per heavy atom. The maximum Gasteiger partial charge on any atom is 0.240 e. The largest absolute Gasteiger partial charge is 0.495 e. The van der Waals surface area contributed by atoms with Crippen LogP contribution in [0.1, 0.15) is 23.1 Å². The fraction of sp³-hybridized carbons (Fsp3) is 0.409. The summed E-state index contributed by atoms with van der Waals surface area (Å²) in [4.78, 5) is 12.4. The molecule has 2 aromatic rings. The lowest BCUT2D eigenvalue weighted by molar-refractivity contribution is -0.119. The summed E-state index contributed by atoms with van der Waals surface area (Å²) in [5.41, 5.74) is 3.79. The minimum Gasteiger partial charge on any atom is -0.495 e. The number of methoxy groups -OCH3 is 1. The van der Waals surface area contributed by atoms with E-state index in [0.717, 1.165) is 34.1 Å². The molecule has 0 atom stereocenters. The van der Waals surface area contributed by atoms with Crippen LogP contribution in [0.3, 0.4) is 0 Å². The number of carbonyl (C=O) groups excluding carboxylic acids is 1. The van der Waals surface area contributed by atoms with E-state index in [2.05, 4.69) is 36.5 Å². The number of rotatable bonds is 11. The molecule has 0 aliphatic carbocycles. The minimum atomic E-state index is -3.65. The molecule has 0 spiro atoms. The number of sulfonamides is 1. The molecule has 0 unspecified atom stereocenters. The van der Waals surface area contributed by atoms with Crippen molar-refractivity contribution >= 4 is 33.4 Å². The molecule has 0 fully saturated rings. The molecule has 2 rings (SSSR count). The first-order valence-electron chi connectivity index (χ1n) is 9.73. The molecule has 0 aromatic heterocycles. The van der Waals surface area contributed by atoms with E-state index in [0.29, 0.717) is 18.0 Å². The zero-order valence-electron chi connectivity index (χ0n) is 18.0. The van der Waals surface area contributed by atoms with Crippen LogP contribution in [-0.2, 0) is 20.6 Å². The predicted molar refractivity (Wildman–Crippen MR) is 125 cm³/mol. The normalized spacial score (nSPS) is 11.2. The summed E-state index contributed by atoms with van der Waals surface area (Å²) in [7, 11) is -2.17. The summed E-state index contributed by atoms with van der Waals surface area (Å²) in [6.45, 7) is 4.16. The van der Waals surface area contributed by atoms with Gasteiger partial charge in [0.2, 0.25) is 15.9 Å². The molecule has 0 saturated carbocycles. The first-order chi connectivity index (χ1) is 14.2. The van der Waals surface area contributed by atoms with Crippen molar-refractivity contribution in [2.75, 3.05) is 36.5 Å². The second kappa shape index (κ2) is 11.3. The minimum absolute atomic E-state index is 0.283. The molecule has 0 heterocycles. The Kier molecular flexibility index (Phi) is 9.05. The first-order valence-corrected chi connectivity index (χ1v) is 12.7. The molecule has 1 N–H and O–H groups in total. The standard InChI is InChI=1S/C22H30N2O4S2/c1-17-7-5-8-19(13-17)16-29-12-6-11-23-22(25)15-24(30(4,26)27)20-14-18(2)9-10-21(20)28-3/h5,7-10,13-14H,6,11-12,15-16H2,1-4H3,(H,23,25). The van der Waals surface area contributed by atoms with Crippen LogP contribution < -0.4 is 14.4 Å². The number of nitrogens with zero attached hydrogens (tertiary/aromatic N) is 1. The molecule has 0 radical (unpaired) electrons. The van der Waals surface area contributed by atoms with E-state index in [-0.39, 0.29) is 12.5 Å². The Morgan fingerprint density at radius 3 is 2.53 bits per heavy atom. The SMILES string of the molecule is COc1ccc(C)cc1N(CC(=O)NCCCSCc1cccc(C)c1)S(C)(=O)=O. The van der Waals surface area contributed by atoms with Crippen molar-refractivity contribution in [2.24, 2.45) is 0 Å². The van der Waals surface area contributed by atoms with Gasteiger partial charge in [0.15, 0.2) is 0 Å². The third-order valence-corrected chi connectivity index (χ3v) is 6.67. The third-order valence-electron chi connectivity index (χ3n) is 4.43. The fourth-order valence-electron chi connectivity index (χ4n) is 2.96. The zero-order chi connectivity index (χ0) is 22.1. The topological polar surface area (TPSA) is 75.7 Å². The molecule has 0 saturated heterocycles. The summed E-state index contributed by atoms with van der Waals surface area (Å²) in [5, 5.41) is 2.82. The summed E-state index contributed by atoms with van der Waals surface area (Å²) >= 11 is 1.81. The van der Waals surface area contributed by atoms with E-state index in [1.807, 2.05) is 24.8 Å². The number of nitrogens with one attached hydrogen (secondary N) is 1. The molecule has 6 nitrogen and oxygen atoms in total. The van der Waals surface area contributed by atoms with Crippen LogP contribution in [0.15, 0.2) is 42.5 Å². The predicted octanol–water partition coefficient (Wildman–Crippen LogP) is 3.52. The fourth-order valence-corrected chi connectivity index (χ4v) is 4.72. The van der Waals surface area contributed by atoms with Gasteiger partial charge in [-0.15, -0.1) is 0 Å². The van der Waals surface area contributed by atoms with Crippen LogP contribution in [0.25, 0.3) is 0 Å². The van der Waals surface area contributed by atoms with Crippen molar-refractivity contribution in [1.29, 1.82) is 0 Å². The summed E-state index contributed by atoms with van der Waals surface area (Å²) in [5.74, 6) is 1.92. The highest BCUT2D eigenvalue weighted by atomic mass is 32.2. The second-order valence-corrected chi connectivity index (χ2v) is 10.2. The Hall–Kier alpha value is -2.19. The molecular formula is C22H30N2O4S2. The highest BCUT2D eigenvalue weighted by Gasteiger charge is 2.24. The molecule has 0 bridgehead atoms. The van der Waals surface area contributed by atoms with Crippen molar-refractivity contribution < 1.29 is 17.9 Å². The van der Waals surface area contributed by atoms with Gasteiger partial charge >= 0.3 is 0 Å². The number of thioether (sulfide) groups is 1. The van der Waals surface area contributed by atoms with Crippen LogP contribution in [0.4, 0.5) is 5.69 Å². The average Bonchev–Trinajstić information content (AvgIpc) is 2.68. The number of hydrogen-bond acceptors (Lipinski definition) is 5. The van der Waals surface area contributed by atoms with Gasteiger partial charge in [0.1, 0.15) is 12.3 Å². The molecule has 0 aliphatic rings. The molecule has 8 heteroatoms. The van der Waals surface area contributed by atoms with Gasteiger partial charge in [-0.1, -0.05) is 35.9 Å². The van der Waals surface area contributed by atoms with Gasteiger partial charge in [-0.2, -0.15) is 11.8 Å². The van der Waals surface area contributed by atoms with E-state index in [4.69, 9.17) is 4.74 Å². The number of hydrogen-bond donors (Lipinski definition) is 1. The van der Waals surface area contributed by atoms with Gasteiger partial charge in [0.25, 0.3) is 0 Å². The van der Waals surface area contributed by atoms with Crippen LogP contribution in [0.2, 0.25) is 0 Å². The highest BCUT2D eigenvalue weighted by molar-refractivity contribution is 7.98. The smallest absolute Gasteiger partial charge is 0.240 e. The van der Waals surface area contributed by atoms with Gasteiger partial charge in [0, 0.05) is 12.3 Å². The van der Waals surface area contributed by atoms with Gasteiger partial charge in [0.05, 0.1) is 19.1 Å². The van der Waals surface area contributed by atoms with Crippen molar-refractivity contribution in [2.45, 2.75) is 26.0 Å². The lowest BCUT2D eigenvalue weighted by Crippen LogP contribution is -2.40. The summed E-state index contributed by atoms with van der Waals surface area (Å²) in [6.07, 6.45) is 1.90. The van der Waals surface area contributed by atoms with E-state index in [1.165, 1.54) is 18.2 Å². The number of aryl methyl sites for hydroxylation is 2. The van der Waals surface area contributed by atoms with Crippen LogP contribution in [0.5, 0.6) is 5.75 Å². The lowest BCUT2D eigenvalue weighted by atomic mass is 10.2. The Morgan fingerprint density at radius 2 is 1.87 bits per heavy atom. The van der Waals surface area contributed by atoms with E-state index in [1.54, 1.807) is 12.1 Å². The quantitative estimate of drug-likeness (QED) is 0.530. The van der Waals surface area contributed by atoms with E-state index in [9.17, 15) is 13.2 Å². The molecular weight excluding hydrogens is 420 g/mol. The van der Waals surface area contributed by atoms with Gasteiger partial charge in [-0.3, -0.25) is 9.10 Å². The average molecular weight is 451 g/mol. The monoisotopic (exact) mass is 450 g/mol. The second-order valence-electron chi connectivity index (χ2n) is 7.19. The van der Waals surface area contributed by atoms with Crippen LogP contribution in [-0.4, -0.2) is 46.5 Å². The maximum atomic E-state index is 12.4. The van der Waals surface area contributed by atoms with Crippen molar-refractivity contribution in [3.8, 4) is 5.75 Å². The molecule has 1 amide bonds. The van der Waals surface area contributed by atoms with Crippen molar-refractivity contribution in [3.05, 3.63) is 59.2 Å². The van der Waals surface area contributed by atoms with Crippen molar-refractivity contribution in [1.82, 2.24) is 5.32 Å². The Bertz CT molecular complexity index is 961. The molecule has 0 aliphatic heterocycles. The molecule has 2 aromatic carbocycles. The zero-order valence-corrected chi connectivity index (χ0v) is 19.6. The summed E-state index contributed by atoms with van der Waals surface area (Å²) in [6, 6.07) is 13.7. The number of amides is 1. The van der Waals surface area contributed by atoms with Crippen LogP contribution >= 0.6 is 11.8 Å². The number of carbonyl (C=O) groups is 1. The Labute approximate surface area is 184 Å². The van der Waals surface area contributed by atoms with Gasteiger partial charge in [-0.05, 0) is 49.3 Å².